The second-order valence-electron chi connectivity index (χ2n) is 6.01. The molecule has 0 saturated carbocycles. The number of hydrogen-bond donors (Lipinski definition) is 0. The number of halogens is 2. The Balaban J connectivity index is 1.95. The number of nitro groups is 1. The van der Waals surface area contributed by atoms with Gasteiger partial charge in [-0.3, -0.25) is 14.9 Å². The predicted octanol–water partition coefficient (Wildman–Crippen LogP) is 3.91. The van der Waals surface area contributed by atoms with E-state index in [4.69, 9.17) is 0 Å². The van der Waals surface area contributed by atoms with Crippen LogP contribution in [0.4, 0.5) is 10.1 Å². The maximum Gasteiger partial charge on any atom is 0.295 e. The van der Waals surface area contributed by atoms with Gasteiger partial charge < -0.3 is 4.90 Å². The Morgan fingerprint density at radius 1 is 1.34 bits per heavy atom. The molecule has 3 rings (SSSR count). The van der Waals surface area contributed by atoms with E-state index in [1.165, 1.54) is 52.6 Å². The molecule has 0 atom stereocenters. The standard InChI is InChI=1S/C19H15BrFN5O3/c1-2-7-24(10-14-8-15(20)4-5-16(14)21)19(27)13-3-6-17(18(9-13)26(28)29)25-12-22-11-23-25/h2-6,8-9,11-12H,1,7,10H2. The Kier molecular flexibility index (Phi) is 6.13. The smallest absolute Gasteiger partial charge is 0.295 e. The van der Waals surface area contributed by atoms with Gasteiger partial charge in [-0.05, 0) is 30.3 Å². The fourth-order valence-corrected chi connectivity index (χ4v) is 3.17. The van der Waals surface area contributed by atoms with E-state index in [-0.39, 0.29) is 30.0 Å². The highest BCUT2D eigenvalue weighted by Gasteiger charge is 2.23. The third-order valence-corrected chi connectivity index (χ3v) is 4.58. The van der Waals surface area contributed by atoms with Crippen molar-refractivity contribution in [2.45, 2.75) is 6.54 Å². The molecule has 1 amide bonds. The van der Waals surface area contributed by atoms with Crippen LogP contribution in [0, 0.1) is 15.9 Å². The first kappa shape index (κ1) is 20.3. The highest BCUT2D eigenvalue weighted by molar-refractivity contribution is 9.10. The molecule has 29 heavy (non-hydrogen) atoms. The van der Waals surface area contributed by atoms with Crippen molar-refractivity contribution in [3.63, 3.8) is 0 Å². The lowest BCUT2D eigenvalue weighted by Crippen LogP contribution is -2.31. The van der Waals surface area contributed by atoms with Crippen LogP contribution in [0.25, 0.3) is 5.69 Å². The molecule has 0 spiro atoms. The average Bonchev–Trinajstić information content (AvgIpc) is 3.24. The number of carbonyl (C=O) groups is 1. The molecule has 8 nitrogen and oxygen atoms in total. The summed E-state index contributed by atoms with van der Waals surface area (Å²) in [6.45, 7) is 3.75. The highest BCUT2D eigenvalue weighted by atomic mass is 79.9. The summed E-state index contributed by atoms with van der Waals surface area (Å²) < 4.78 is 16.0. The van der Waals surface area contributed by atoms with Crippen LogP contribution in [0.3, 0.4) is 0 Å². The number of carbonyl (C=O) groups excluding carboxylic acids is 1. The summed E-state index contributed by atoms with van der Waals surface area (Å²) >= 11 is 3.28. The third-order valence-electron chi connectivity index (χ3n) is 4.09. The summed E-state index contributed by atoms with van der Waals surface area (Å²) in [6, 6.07) is 8.49. The fraction of sp³-hybridized carbons (Fsp3) is 0.105. The van der Waals surface area contributed by atoms with Crippen LogP contribution in [-0.2, 0) is 6.54 Å². The van der Waals surface area contributed by atoms with Crippen molar-refractivity contribution in [2.24, 2.45) is 0 Å². The molecule has 0 radical (unpaired) electrons. The minimum absolute atomic E-state index is 0.0191. The largest absolute Gasteiger partial charge is 0.330 e. The number of nitrogens with zero attached hydrogens (tertiary/aromatic N) is 5. The van der Waals surface area contributed by atoms with Crippen molar-refractivity contribution >= 4 is 27.5 Å². The van der Waals surface area contributed by atoms with Crippen molar-refractivity contribution in [2.75, 3.05) is 6.54 Å². The van der Waals surface area contributed by atoms with Crippen molar-refractivity contribution in [1.82, 2.24) is 19.7 Å². The summed E-state index contributed by atoms with van der Waals surface area (Å²) in [5.41, 5.74) is 0.284. The molecular formula is C19H15BrFN5O3. The fourth-order valence-electron chi connectivity index (χ4n) is 2.76. The van der Waals surface area contributed by atoms with E-state index < -0.39 is 16.6 Å². The van der Waals surface area contributed by atoms with Crippen molar-refractivity contribution < 1.29 is 14.1 Å². The number of nitro benzene ring substituents is 1. The monoisotopic (exact) mass is 459 g/mol. The highest BCUT2D eigenvalue weighted by Crippen LogP contribution is 2.25. The number of benzene rings is 2. The third kappa shape index (κ3) is 4.54. The molecule has 10 heteroatoms. The summed E-state index contributed by atoms with van der Waals surface area (Å²) in [6.07, 6.45) is 4.08. The van der Waals surface area contributed by atoms with E-state index in [1.807, 2.05) is 0 Å². The van der Waals surface area contributed by atoms with Gasteiger partial charge in [0.05, 0.1) is 4.92 Å². The summed E-state index contributed by atoms with van der Waals surface area (Å²) in [5, 5.41) is 15.4. The minimum Gasteiger partial charge on any atom is -0.330 e. The molecule has 0 aliphatic rings. The second kappa shape index (κ2) is 8.74. The SMILES string of the molecule is C=CCN(Cc1cc(Br)ccc1F)C(=O)c1ccc(-n2cncn2)c([N+](=O)[O-])c1. The maximum absolute atomic E-state index is 14.1. The quantitative estimate of drug-likeness (QED) is 0.303. The first-order valence-corrected chi connectivity index (χ1v) is 9.17. The summed E-state index contributed by atoms with van der Waals surface area (Å²) in [4.78, 5) is 29.0. The molecule has 0 N–H and O–H groups in total. The minimum atomic E-state index is -0.598. The normalized spacial score (nSPS) is 10.6. The molecule has 0 aliphatic heterocycles. The van der Waals surface area contributed by atoms with Crippen molar-refractivity contribution in [3.05, 3.63) is 93.2 Å². The van der Waals surface area contributed by atoms with Gasteiger partial charge in [-0.2, -0.15) is 5.10 Å². The van der Waals surface area contributed by atoms with Crippen molar-refractivity contribution in [3.8, 4) is 5.69 Å². The van der Waals surface area contributed by atoms with Gasteiger partial charge >= 0.3 is 0 Å². The molecule has 2 aromatic carbocycles. The molecule has 0 saturated heterocycles. The van der Waals surface area contributed by atoms with E-state index >= 15 is 0 Å². The predicted molar refractivity (Wildman–Crippen MR) is 107 cm³/mol. The molecular weight excluding hydrogens is 445 g/mol. The molecule has 1 aromatic heterocycles. The van der Waals surface area contributed by atoms with Crippen LogP contribution >= 0.6 is 15.9 Å². The van der Waals surface area contributed by atoms with Crippen LogP contribution in [0.2, 0.25) is 0 Å². The van der Waals surface area contributed by atoms with Crippen molar-refractivity contribution in [1.29, 1.82) is 0 Å². The van der Waals surface area contributed by atoms with Gasteiger partial charge in [-0.25, -0.2) is 14.1 Å². The van der Waals surface area contributed by atoms with Crippen LogP contribution < -0.4 is 0 Å². The molecule has 0 unspecified atom stereocenters. The maximum atomic E-state index is 14.1. The molecule has 148 valence electrons. The zero-order chi connectivity index (χ0) is 21.0. The van der Waals surface area contributed by atoms with Gasteiger partial charge in [0.2, 0.25) is 0 Å². The van der Waals surface area contributed by atoms with Gasteiger partial charge in [0.1, 0.15) is 24.2 Å². The Morgan fingerprint density at radius 2 is 2.14 bits per heavy atom. The van der Waals surface area contributed by atoms with E-state index in [9.17, 15) is 19.3 Å². The lowest BCUT2D eigenvalue weighted by molar-refractivity contribution is -0.384. The van der Waals surface area contributed by atoms with E-state index in [2.05, 4.69) is 32.6 Å². The topological polar surface area (TPSA) is 94.2 Å². The molecule has 1 heterocycles. The Morgan fingerprint density at radius 3 is 2.79 bits per heavy atom. The Hall–Kier alpha value is -3.40. The number of hydrogen-bond acceptors (Lipinski definition) is 5. The van der Waals surface area contributed by atoms with Gasteiger partial charge in [0, 0.05) is 34.8 Å². The first-order valence-electron chi connectivity index (χ1n) is 8.38. The Labute approximate surface area is 173 Å². The lowest BCUT2D eigenvalue weighted by atomic mass is 10.1. The average molecular weight is 460 g/mol. The van der Waals surface area contributed by atoms with E-state index in [1.54, 1.807) is 12.1 Å². The summed E-state index contributed by atoms with van der Waals surface area (Å²) in [7, 11) is 0. The second-order valence-corrected chi connectivity index (χ2v) is 6.93. The zero-order valence-electron chi connectivity index (χ0n) is 15.0. The van der Waals surface area contributed by atoms with Gasteiger partial charge in [-0.1, -0.05) is 22.0 Å². The first-order chi connectivity index (χ1) is 13.9. The zero-order valence-corrected chi connectivity index (χ0v) is 16.6. The molecule has 0 aliphatic carbocycles. The van der Waals surface area contributed by atoms with Crippen LogP contribution in [0.15, 0.2) is 66.2 Å². The van der Waals surface area contributed by atoms with Gasteiger partial charge in [-0.15, -0.1) is 6.58 Å². The number of amides is 1. The molecule has 3 aromatic rings. The molecule has 0 fully saturated rings. The summed E-state index contributed by atoms with van der Waals surface area (Å²) in [5.74, 6) is -0.944. The van der Waals surface area contributed by atoms with E-state index in [0.29, 0.717) is 10.0 Å². The van der Waals surface area contributed by atoms with Crippen LogP contribution in [-0.4, -0.2) is 37.0 Å². The number of rotatable bonds is 7. The van der Waals surface area contributed by atoms with E-state index in [0.717, 1.165) is 0 Å². The van der Waals surface area contributed by atoms with Crippen LogP contribution in [0.5, 0.6) is 0 Å². The van der Waals surface area contributed by atoms with Gasteiger partial charge in [0.25, 0.3) is 11.6 Å². The molecule has 0 bridgehead atoms. The Bertz CT molecular complexity index is 1070. The number of aromatic nitrogens is 3. The van der Waals surface area contributed by atoms with Crippen LogP contribution in [0.1, 0.15) is 15.9 Å². The lowest BCUT2D eigenvalue weighted by Gasteiger charge is -2.22. The van der Waals surface area contributed by atoms with Gasteiger partial charge in [0.15, 0.2) is 0 Å².